The summed E-state index contributed by atoms with van der Waals surface area (Å²) in [4.78, 5) is 22.2. The second-order valence-electron chi connectivity index (χ2n) is 4.02. The van der Waals surface area contributed by atoms with Crippen molar-refractivity contribution in [1.82, 2.24) is 10.2 Å². The second kappa shape index (κ2) is 5.81. The van der Waals surface area contributed by atoms with E-state index in [9.17, 15) is 9.59 Å². The maximum absolute atomic E-state index is 11.7. The summed E-state index contributed by atoms with van der Waals surface area (Å²) in [5.41, 5.74) is 1.95. The van der Waals surface area contributed by atoms with Gasteiger partial charge in [0.05, 0.1) is 0 Å². The van der Waals surface area contributed by atoms with Crippen LogP contribution >= 0.6 is 0 Å². The molecule has 0 aliphatic heterocycles. The number of carbonyl (C=O) groups is 2. The summed E-state index contributed by atoms with van der Waals surface area (Å²) < 4.78 is 0. The Balaban J connectivity index is 1.95. The van der Waals surface area contributed by atoms with Gasteiger partial charge in [-0.2, -0.15) is 5.10 Å². The molecule has 0 saturated carbocycles. The molecule has 6 nitrogen and oxygen atoms in total. The number of nitrogens with one attached hydrogen (secondary N) is 2. The van der Waals surface area contributed by atoms with Gasteiger partial charge in [-0.15, -0.1) is 0 Å². The van der Waals surface area contributed by atoms with Crippen LogP contribution in [0.3, 0.4) is 0 Å². The molecule has 19 heavy (non-hydrogen) atoms. The summed E-state index contributed by atoms with van der Waals surface area (Å²) >= 11 is 0. The predicted octanol–water partition coefficient (Wildman–Crippen LogP) is 1.68. The van der Waals surface area contributed by atoms with E-state index in [0.29, 0.717) is 17.8 Å². The molecule has 1 aromatic carbocycles. The number of carboxylic acid groups (broad SMARTS) is 1. The van der Waals surface area contributed by atoms with Gasteiger partial charge in [-0.05, 0) is 30.2 Å². The molecule has 1 heterocycles. The lowest BCUT2D eigenvalue weighted by molar-refractivity contribution is -0.136. The lowest BCUT2D eigenvalue weighted by Gasteiger charge is -2.05. The van der Waals surface area contributed by atoms with Gasteiger partial charge in [-0.1, -0.05) is 12.1 Å². The first kappa shape index (κ1) is 12.8. The third-order valence-electron chi connectivity index (χ3n) is 2.58. The van der Waals surface area contributed by atoms with E-state index in [4.69, 9.17) is 5.11 Å². The largest absolute Gasteiger partial charge is 0.481 e. The normalized spacial score (nSPS) is 10.1. The smallest absolute Gasteiger partial charge is 0.303 e. The Morgan fingerprint density at radius 2 is 1.95 bits per heavy atom. The standard InChI is InChI=1S/C13H13N3O3/c17-12(18)6-3-9-1-4-10(5-2-9)15-13(19)11-7-8-14-16-11/h1-2,4-5,7-8H,3,6H2,(H,14,16)(H,15,19)(H,17,18). The Labute approximate surface area is 109 Å². The maximum Gasteiger partial charge on any atom is 0.303 e. The number of aliphatic carboxylic acids is 1. The minimum Gasteiger partial charge on any atom is -0.481 e. The van der Waals surface area contributed by atoms with E-state index in [1.54, 1.807) is 30.3 Å². The van der Waals surface area contributed by atoms with E-state index in [1.807, 2.05) is 0 Å². The minimum atomic E-state index is -0.823. The second-order valence-corrected chi connectivity index (χ2v) is 4.02. The van der Waals surface area contributed by atoms with Gasteiger partial charge < -0.3 is 10.4 Å². The first-order valence-corrected chi connectivity index (χ1v) is 5.76. The molecule has 0 saturated heterocycles. The SMILES string of the molecule is O=C(O)CCc1ccc(NC(=O)c2ccn[nH]2)cc1. The lowest BCUT2D eigenvalue weighted by atomic mass is 10.1. The van der Waals surface area contributed by atoms with Crippen LogP contribution in [0.4, 0.5) is 5.69 Å². The van der Waals surface area contributed by atoms with Crippen molar-refractivity contribution in [1.29, 1.82) is 0 Å². The van der Waals surface area contributed by atoms with Gasteiger partial charge in [0.1, 0.15) is 5.69 Å². The molecule has 0 fully saturated rings. The Morgan fingerprint density at radius 3 is 2.53 bits per heavy atom. The van der Waals surface area contributed by atoms with Gasteiger partial charge in [0, 0.05) is 18.3 Å². The van der Waals surface area contributed by atoms with E-state index in [1.165, 1.54) is 6.20 Å². The summed E-state index contributed by atoms with van der Waals surface area (Å²) in [6.45, 7) is 0. The summed E-state index contributed by atoms with van der Waals surface area (Å²) in [5.74, 6) is -1.09. The van der Waals surface area contributed by atoms with Crippen molar-refractivity contribution >= 4 is 17.6 Å². The number of anilines is 1. The zero-order valence-corrected chi connectivity index (χ0v) is 10.1. The number of aromatic amines is 1. The van der Waals surface area contributed by atoms with Gasteiger partial charge in [0.15, 0.2) is 0 Å². The highest BCUT2D eigenvalue weighted by Crippen LogP contribution is 2.12. The molecule has 0 atom stereocenters. The fourth-order valence-corrected chi connectivity index (χ4v) is 1.59. The summed E-state index contributed by atoms with van der Waals surface area (Å²) in [6.07, 6.45) is 2.08. The molecule has 0 bridgehead atoms. The van der Waals surface area contributed by atoms with Crippen LogP contribution in [-0.4, -0.2) is 27.2 Å². The molecule has 0 unspecified atom stereocenters. The number of hydrogen-bond donors (Lipinski definition) is 3. The van der Waals surface area contributed by atoms with E-state index in [2.05, 4.69) is 15.5 Å². The highest BCUT2D eigenvalue weighted by atomic mass is 16.4. The fraction of sp³-hybridized carbons (Fsp3) is 0.154. The zero-order valence-electron chi connectivity index (χ0n) is 10.1. The van der Waals surface area contributed by atoms with Crippen LogP contribution in [-0.2, 0) is 11.2 Å². The number of aryl methyl sites for hydroxylation is 1. The summed E-state index contributed by atoms with van der Waals surface area (Å²) in [5, 5.41) is 17.6. The molecule has 6 heteroatoms. The van der Waals surface area contributed by atoms with Gasteiger partial charge >= 0.3 is 5.97 Å². The van der Waals surface area contributed by atoms with Crippen LogP contribution < -0.4 is 5.32 Å². The van der Waals surface area contributed by atoms with E-state index in [-0.39, 0.29) is 12.3 Å². The Morgan fingerprint density at radius 1 is 1.21 bits per heavy atom. The van der Waals surface area contributed by atoms with Gasteiger partial charge in [-0.3, -0.25) is 14.7 Å². The molecule has 98 valence electrons. The third-order valence-corrected chi connectivity index (χ3v) is 2.58. The van der Waals surface area contributed by atoms with Crippen molar-refractivity contribution in [2.24, 2.45) is 0 Å². The van der Waals surface area contributed by atoms with Crippen LogP contribution in [0.15, 0.2) is 36.5 Å². The predicted molar refractivity (Wildman–Crippen MR) is 68.9 cm³/mol. The van der Waals surface area contributed by atoms with Crippen LogP contribution in [0, 0.1) is 0 Å². The highest BCUT2D eigenvalue weighted by Gasteiger charge is 2.06. The lowest BCUT2D eigenvalue weighted by Crippen LogP contribution is -2.12. The average Bonchev–Trinajstić information content (AvgIpc) is 2.92. The molecule has 3 N–H and O–H groups in total. The van der Waals surface area contributed by atoms with Crippen molar-refractivity contribution in [3.63, 3.8) is 0 Å². The van der Waals surface area contributed by atoms with Gasteiger partial charge in [0.2, 0.25) is 0 Å². The minimum absolute atomic E-state index is 0.0971. The average molecular weight is 259 g/mol. The Hall–Kier alpha value is -2.63. The Kier molecular flexibility index (Phi) is 3.92. The molecule has 2 aromatic rings. The highest BCUT2D eigenvalue weighted by molar-refractivity contribution is 6.02. The van der Waals surface area contributed by atoms with Crippen molar-refractivity contribution in [2.45, 2.75) is 12.8 Å². The third kappa shape index (κ3) is 3.67. The Bertz CT molecular complexity index is 561. The molecular formula is C13H13N3O3. The number of hydrogen-bond acceptors (Lipinski definition) is 3. The van der Waals surface area contributed by atoms with Crippen LogP contribution in [0.2, 0.25) is 0 Å². The van der Waals surface area contributed by atoms with Crippen molar-refractivity contribution in [3.05, 3.63) is 47.8 Å². The summed E-state index contributed by atoms with van der Waals surface area (Å²) in [7, 11) is 0. The fourth-order valence-electron chi connectivity index (χ4n) is 1.59. The first-order valence-electron chi connectivity index (χ1n) is 5.76. The zero-order chi connectivity index (χ0) is 13.7. The van der Waals surface area contributed by atoms with Crippen molar-refractivity contribution in [2.75, 3.05) is 5.32 Å². The molecule has 0 spiro atoms. The number of benzene rings is 1. The van der Waals surface area contributed by atoms with Gasteiger partial charge in [-0.25, -0.2) is 0 Å². The summed E-state index contributed by atoms with van der Waals surface area (Å²) in [6, 6.07) is 8.66. The first-order chi connectivity index (χ1) is 9.15. The van der Waals surface area contributed by atoms with Crippen molar-refractivity contribution < 1.29 is 14.7 Å². The number of amides is 1. The number of aromatic nitrogens is 2. The van der Waals surface area contributed by atoms with Crippen molar-refractivity contribution in [3.8, 4) is 0 Å². The molecule has 0 aliphatic carbocycles. The molecule has 2 rings (SSSR count). The quantitative estimate of drug-likeness (QED) is 0.761. The maximum atomic E-state index is 11.7. The van der Waals surface area contributed by atoms with Crippen LogP contribution in [0.1, 0.15) is 22.5 Å². The number of carbonyl (C=O) groups excluding carboxylic acids is 1. The molecule has 1 amide bonds. The molecular weight excluding hydrogens is 246 g/mol. The number of rotatable bonds is 5. The van der Waals surface area contributed by atoms with E-state index >= 15 is 0 Å². The molecule has 1 aromatic heterocycles. The topological polar surface area (TPSA) is 95.1 Å². The number of nitrogens with zero attached hydrogens (tertiary/aromatic N) is 1. The molecule has 0 radical (unpaired) electrons. The van der Waals surface area contributed by atoms with Crippen LogP contribution in [0.5, 0.6) is 0 Å². The van der Waals surface area contributed by atoms with E-state index < -0.39 is 5.97 Å². The number of carboxylic acids is 1. The van der Waals surface area contributed by atoms with E-state index in [0.717, 1.165) is 5.56 Å². The van der Waals surface area contributed by atoms with Crippen LogP contribution in [0.25, 0.3) is 0 Å². The molecule has 0 aliphatic rings. The monoisotopic (exact) mass is 259 g/mol. The number of H-pyrrole nitrogens is 1. The van der Waals surface area contributed by atoms with Gasteiger partial charge in [0.25, 0.3) is 5.91 Å².